The second-order valence-corrected chi connectivity index (χ2v) is 9.39. The molecule has 0 aliphatic heterocycles. The number of carbonyl (C=O) groups excluding carboxylic acids is 1. The van der Waals surface area contributed by atoms with E-state index < -0.39 is 55.2 Å². The third-order valence-corrected chi connectivity index (χ3v) is 7.60. The minimum Gasteiger partial charge on any atom is -0.381 e. The Balaban J connectivity index is 1.87. The Morgan fingerprint density at radius 3 is 2.46 bits per heavy atom. The summed E-state index contributed by atoms with van der Waals surface area (Å²) in [5.74, 6) is -1.36. The van der Waals surface area contributed by atoms with E-state index in [9.17, 15) is 26.4 Å². The summed E-state index contributed by atoms with van der Waals surface area (Å²) in [7, 11) is -3.02. The van der Waals surface area contributed by atoms with Gasteiger partial charge in [0.05, 0.1) is 33.8 Å². The molecule has 1 aromatic rings. The first-order valence-corrected chi connectivity index (χ1v) is 10.2. The number of halogens is 3. The molecule has 2 aliphatic rings. The number of ether oxygens (including phenoxy) is 1. The summed E-state index contributed by atoms with van der Waals surface area (Å²) in [6.07, 6.45) is -4.80. The Labute approximate surface area is 160 Å². The average Bonchev–Trinajstić information content (AvgIpc) is 3.27. The van der Waals surface area contributed by atoms with Crippen molar-refractivity contribution >= 4 is 15.7 Å². The zero-order chi connectivity index (χ0) is 20.7. The van der Waals surface area contributed by atoms with Crippen LogP contribution in [0, 0.1) is 17.2 Å². The predicted molar refractivity (Wildman–Crippen MR) is 91.7 cm³/mol. The summed E-state index contributed by atoms with van der Waals surface area (Å²) in [5, 5.41) is 10.5. The number of nitrogens with one attached hydrogen (secondary N) is 1. The molecule has 0 aromatic heterocycles. The second-order valence-electron chi connectivity index (χ2n) is 7.20. The number of carbonyl (C=O) groups is 1. The van der Waals surface area contributed by atoms with Crippen molar-refractivity contribution in [1.29, 1.82) is 5.26 Å². The molecule has 1 amide bonds. The zero-order valence-corrected chi connectivity index (χ0v) is 15.8. The first-order valence-electron chi connectivity index (χ1n) is 8.70. The van der Waals surface area contributed by atoms with Crippen molar-refractivity contribution in [3.8, 4) is 6.07 Å². The van der Waals surface area contributed by atoms with Gasteiger partial charge in [-0.25, -0.2) is 8.42 Å². The van der Waals surface area contributed by atoms with E-state index in [1.165, 1.54) is 13.2 Å². The molecule has 3 rings (SSSR count). The van der Waals surface area contributed by atoms with Crippen molar-refractivity contribution < 1.29 is 31.1 Å². The summed E-state index contributed by atoms with van der Waals surface area (Å²) in [4.78, 5) is 11.8. The molecule has 0 radical (unpaired) electrons. The molecule has 2 fully saturated rings. The van der Waals surface area contributed by atoms with Gasteiger partial charge in [0, 0.05) is 7.11 Å². The number of hydrogen-bond acceptors (Lipinski definition) is 5. The van der Waals surface area contributed by atoms with Crippen molar-refractivity contribution in [1.82, 2.24) is 5.32 Å². The number of nitriles is 1. The number of alkyl halides is 3. The van der Waals surface area contributed by atoms with Crippen LogP contribution >= 0.6 is 0 Å². The van der Waals surface area contributed by atoms with Crippen molar-refractivity contribution in [3.05, 3.63) is 29.8 Å². The minimum atomic E-state index is -4.81. The quantitative estimate of drug-likeness (QED) is 0.795. The molecule has 152 valence electrons. The largest absolute Gasteiger partial charge is 0.417 e. The highest BCUT2D eigenvalue weighted by Crippen LogP contribution is 2.41. The van der Waals surface area contributed by atoms with E-state index in [4.69, 9.17) is 10.00 Å². The molecule has 3 atom stereocenters. The monoisotopic (exact) mass is 416 g/mol. The maximum Gasteiger partial charge on any atom is 0.417 e. The third-order valence-electron chi connectivity index (χ3n) is 5.36. The number of sulfone groups is 1. The van der Waals surface area contributed by atoms with E-state index in [1.807, 2.05) is 6.07 Å². The summed E-state index contributed by atoms with van der Waals surface area (Å²) in [5.41, 5.74) is -2.15. The van der Waals surface area contributed by atoms with Crippen molar-refractivity contribution in [2.45, 2.75) is 53.6 Å². The highest BCUT2D eigenvalue weighted by molar-refractivity contribution is 7.92. The highest BCUT2D eigenvalue weighted by atomic mass is 32.2. The number of hydrogen-bond donors (Lipinski definition) is 1. The van der Waals surface area contributed by atoms with Crippen LogP contribution in [-0.4, -0.2) is 38.3 Å². The maximum atomic E-state index is 13.3. The fourth-order valence-electron chi connectivity index (χ4n) is 3.59. The molecule has 1 aromatic carbocycles. The zero-order valence-electron chi connectivity index (χ0n) is 15.0. The van der Waals surface area contributed by atoms with Crippen LogP contribution in [0.25, 0.3) is 0 Å². The predicted octanol–water partition coefficient (Wildman–Crippen LogP) is 2.45. The Hall–Kier alpha value is -2.12. The summed E-state index contributed by atoms with van der Waals surface area (Å²) >= 11 is 0. The molecule has 3 unspecified atom stereocenters. The van der Waals surface area contributed by atoms with Crippen LogP contribution in [0.4, 0.5) is 13.2 Å². The van der Waals surface area contributed by atoms with E-state index >= 15 is 0 Å². The van der Waals surface area contributed by atoms with Crippen molar-refractivity contribution in [2.75, 3.05) is 7.11 Å². The molecular formula is C18H19F3N2O4S. The van der Waals surface area contributed by atoms with Crippen LogP contribution in [0.15, 0.2) is 29.2 Å². The molecule has 0 saturated heterocycles. The lowest BCUT2D eigenvalue weighted by Gasteiger charge is -2.19. The second kappa shape index (κ2) is 7.04. The van der Waals surface area contributed by atoms with Gasteiger partial charge in [-0.15, -0.1) is 0 Å². The maximum absolute atomic E-state index is 13.3. The molecule has 0 bridgehead atoms. The van der Waals surface area contributed by atoms with Gasteiger partial charge in [0.15, 0.2) is 9.84 Å². The lowest BCUT2D eigenvalue weighted by atomic mass is 10.0. The van der Waals surface area contributed by atoms with Gasteiger partial charge < -0.3 is 10.1 Å². The van der Waals surface area contributed by atoms with E-state index in [-0.39, 0.29) is 12.8 Å². The number of nitrogens with zero attached hydrogens (tertiary/aromatic N) is 1. The van der Waals surface area contributed by atoms with Gasteiger partial charge in [-0.05, 0) is 37.8 Å². The molecule has 2 aliphatic carbocycles. The van der Waals surface area contributed by atoms with Gasteiger partial charge in [0.1, 0.15) is 5.54 Å². The van der Waals surface area contributed by atoms with Crippen LogP contribution in [0.5, 0.6) is 0 Å². The summed E-state index contributed by atoms with van der Waals surface area (Å²) in [6.45, 7) is 0. The standard InChI is InChI=1S/C18H19F3N2O4S/c1-27-14-9-11(8-12(14)16(24)23-17(10-22)6-7-17)28(25,26)15-5-3-2-4-13(15)18(19,20)21/h2-5,11-12,14H,6-9H2,1H3,(H,23,24). The van der Waals surface area contributed by atoms with Crippen LogP contribution in [-0.2, 0) is 25.5 Å². The highest BCUT2D eigenvalue weighted by Gasteiger charge is 2.51. The summed E-state index contributed by atoms with van der Waals surface area (Å²) in [6, 6.07) is 6.04. The fraction of sp³-hybridized carbons (Fsp3) is 0.556. The van der Waals surface area contributed by atoms with Gasteiger partial charge in [-0.3, -0.25) is 4.79 Å². The first-order chi connectivity index (χ1) is 13.0. The van der Waals surface area contributed by atoms with E-state index in [0.29, 0.717) is 12.8 Å². The van der Waals surface area contributed by atoms with Crippen LogP contribution < -0.4 is 5.32 Å². The number of benzene rings is 1. The molecule has 0 heterocycles. The third kappa shape index (κ3) is 3.73. The Bertz CT molecular complexity index is 919. The summed E-state index contributed by atoms with van der Waals surface area (Å²) < 4.78 is 70.9. The SMILES string of the molecule is COC1CC(S(=O)(=O)c2ccccc2C(F)(F)F)CC1C(=O)NC1(C#N)CC1. The average molecular weight is 416 g/mol. The van der Waals surface area contributed by atoms with Gasteiger partial charge in [0.2, 0.25) is 5.91 Å². The Kier molecular flexibility index (Phi) is 5.18. The number of amides is 1. The lowest BCUT2D eigenvalue weighted by molar-refractivity contribution is -0.140. The van der Waals surface area contributed by atoms with Gasteiger partial charge in [0.25, 0.3) is 0 Å². The normalized spacial score (nSPS) is 26.5. The van der Waals surface area contributed by atoms with E-state index in [1.54, 1.807) is 0 Å². The molecular weight excluding hydrogens is 397 g/mol. The van der Waals surface area contributed by atoms with Crippen LogP contribution in [0.2, 0.25) is 0 Å². The lowest BCUT2D eigenvalue weighted by Crippen LogP contribution is -2.42. The molecule has 1 N–H and O–H groups in total. The minimum absolute atomic E-state index is 0.0946. The fourth-order valence-corrected chi connectivity index (χ4v) is 5.61. The van der Waals surface area contributed by atoms with E-state index in [0.717, 1.165) is 18.2 Å². The van der Waals surface area contributed by atoms with Gasteiger partial charge in [-0.2, -0.15) is 18.4 Å². The molecule has 10 heteroatoms. The molecule has 6 nitrogen and oxygen atoms in total. The molecule has 28 heavy (non-hydrogen) atoms. The Morgan fingerprint density at radius 2 is 1.93 bits per heavy atom. The molecule has 2 saturated carbocycles. The van der Waals surface area contributed by atoms with Gasteiger partial charge in [-0.1, -0.05) is 12.1 Å². The number of rotatable bonds is 5. The smallest absolute Gasteiger partial charge is 0.381 e. The number of methoxy groups -OCH3 is 1. The molecule has 0 spiro atoms. The first kappa shape index (κ1) is 20.6. The van der Waals surface area contributed by atoms with Crippen LogP contribution in [0.1, 0.15) is 31.2 Å². The Morgan fingerprint density at radius 1 is 1.29 bits per heavy atom. The van der Waals surface area contributed by atoms with Crippen molar-refractivity contribution in [3.63, 3.8) is 0 Å². The van der Waals surface area contributed by atoms with E-state index in [2.05, 4.69) is 5.32 Å². The van der Waals surface area contributed by atoms with Gasteiger partial charge >= 0.3 is 6.18 Å². The van der Waals surface area contributed by atoms with Crippen molar-refractivity contribution in [2.24, 2.45) is 5.92 Å². The van der Waals surface area contributed by atoms with Crippen LogP contribution in [0.3, 0.4) is 0 Å². The topological polar surface area (TPSA) is 96.3 Å².